The van der Waals surface area contributed by atoms with E-state index in [0.29, 0.717) is 30.4 Å². The fourth-order valence-electron chi connectivity index (χ4n) is 2.19. The first-order valence-corrected chi connectivity index (χ1v) is 6.66. The lowest BCUT2D eigenvalue weighted by Gasteiger charge is -2.27. The normalized spacial score (nSPS) is 15.0. The van der Waals surface area contributed by atoms with Crippen molar-refractivity contribution in [3.8, 4) is 11.4 Å². The second-order valence-corrected chi connectivity index (χ2v) is 4.60. The van der Waals surface area contributed by atoms with Crippen LogP contribution in [-0.2, 0) is 4.74 Å². The largest absolute Gasteiger partial charge is 0.378 e. The molecule has 21 heavy (non-hydrogen) atoms. The zero-order valence-corrected chi connectivity index (χ0v) is 11.4. The van der Waals surface area contributed by atoms with E-state index in [1.54, 1.807) is 24.5 Å². The predicted octanol–water partition coefficient (Wildman–Crippen LogP) is 0.474. The Morgan fingerprint density at radius 3 is 2.71 bits per heavy atom. The number of nitrogens with zero attached hydrogens (tertiary/aromatic N) is 4. The number of hydrogen-bond acceptors (Lipinski definition) is 6. The summed E-state index contributed by atoms with van der Waals surface area (Å²) in [6.45, 7) is 2.79. The van der Waals surface area contributed by atoms with Crippen molar-refractivity contribution in [2.24, 2.45) is 5.73 Å². The smallest absolute Gasteiger partial charge is 0.269 e. The molecule has 0 bridgehead atoms. The highest BCUT2D eigenvalue weighted by atomic mass is 16.5. The molecule has 0 aromatic carbocycles. The lowest BCUT2D eigenvalue weighted by atomic mass is 10.2. The van der Waals surface area contributed by atoms with Gasteiger partial charge >= 0.3 is 0 Å². The maximum absolute atomic E-state index is 11.5. The third-order valence-corrected chi connectivity index (χ3v) is 3.24. The van der Waals surface area contributed by atoms with Gasteiger partial charge in [-0.15, -0.1) is 0 Å². The zero-order chi connectivity index (χ0) is 14.7. The van der Waals surface area contributed by atoms with E-state index in [4.69, 9.17) is 10.5 Å². The molecule has 1 amide bonds. The summed E-state index contributed by atoms with van der Waals surface area (Å²) in [6, 6.07) is 5.41. The number of anilines is 1. The molecule has 1 saturated heterocycles. The number of ether oxygens (including phenoxy) is 1. The minimum Gasteiger partial charge on any atom is -0.378 e. The van der Waals surface area contributed by atoms with Crippen LogP contribution in [0.3, 0.4) is 0 Å². The molecular weight excluding hydrogens is 270 g/mol. The number of morpholine rings is 1. The van der Waals surface area contributed by atoms with Crippen LogP contribution in [0.2, 0.25) is 0 Å². The molecule has 2 aromatic heterocycles. The van der Waals surface area contributed by atoms with Crippen LogP contribution in [0.15, 0.2) is 30.6 Å². The molecule has 0 saturated carbocycles. The molecule has 0 atom stereocenters. The molecule has 3 heterocycles. The first kappa shape index (κ1) is 13.4. The van der Waals surface area contributed by atoms with Crippen molar-refractivity contribution >= 4 is 11.7 Å². The number of amides is 1. The second-order valence-electron chi connectivity index (χ2n) is 4.60. The Bertz CT molecular complexity index is 641. The van der Waals surface area contributed by atoms with Crippen LogP contribution >= 0.6 is 0 Å². The van der Waals surface area contributed by atoms with Crippen molar-refractivity contribution in [3.05, 3.63) is 36.3 Å². The Kier molecular flexibility index (Phi) is 3.74. The summed E-state index contributed by atoms with van der Waals surface area (Å²) >= 11 is 0. The van der Waals surface area contributed by atoms with Crippen molar-refractivity contribution in [1.29, 1.82) is 0 Å². The monoisotopic (exact) mass is 285 g/mol. The van der Waals surface area contributed by atoms with Gasteiger partial charge in [0.05, 0.1) is 25.1 Å². The number of rotatable bonds is 3. The summed E-state index contributed by atoms with van der Waals surface area (Å²) in [7, 11) is 0. The highest BCUT2D eigenvalue weighted by Crippen LogP contribution is 2.21. The van der Waals surface area contributed by atoms with Gasteiger partial charge in [-0.25, -0.2) is 9.97 Å². The third kappa shape index (κ3) is 2.82. The van der Waals surface area contributed by atoms with E-state index in [0.717, 1.165) is 13.1 Å². The molecule has 0 aliphatic carbocycles. The van der Waals surface area contributed by atoms with Crippen LogP contribution < -0.4 is 10.6 Å². The van der Waals surface area contributed by atoms with Crippen molar-refractivity contribution in [1.82, 2.24) is 15.0 Å². The van der Waals surface area contributed by atoms with E-state index in [-0.39, 0.29) is 5.69 Å². The molecule has 2 aromatic rings. The topological polar surface area (TPSA) is 94.2 Å². The second kappa shape index (κ2) is 5.84. The quantitative estimate of drug-likeness (QED) is 0.881. The van der Waals surface area contributed by atoms with E-state index < -0.39 is 5.91 Å². The van der Waals surface area contributed by atoms with Crippen LogP contribution in [0.4, 0.5) is 5.82 Å². The van der Waals surface area contributed by atoms with Crippen molar-refractivity contribution < 1.29 is 9.53 Å². The van der Waals surface area contributed by atoms with E-state index >= 15 is 0 Å². The highest BCUT2D eigenvalue weighted by molar-refractivity contribution is 5.96. The lowest BCUT2D eigenvalue weighted by molar-refractivity contribution is 0.0995. The summed E-state index contributed by atoms with van der Waals surface area (Å²) < 4.78 is 5.32. The molecule has 1 aliphatic rings. The maximum Gasteiger partial charge on any atom is 0.269 e. The SMILES string of the molecule is NC(=O)c1ncc(N2CCOCC2)nc1-c1ccccn1. The van der Waals surface area contributed by atoms with Gasteiger partial charge in [0.15, 0.2) is 5.69 Å². The summed E-state index contributed by atoms with van der Waals surface area (Å²) in [5, 5.41) is 0. The predicted molar refractivity (Wildman–Crippen MR) is 76.8 cm³/mol. The first-order chi connectivity index (χ1) is 10.3. The van der Waals surface area contributed by atoms with Gasteiger partial charge in [0.25, 0.3) is 5.91 Å². The van der Waals surface area contributed by atoms with E-state index in [2.05, 4.69) is 19.9 Å². The van der Waals surface area contributed by atoms with Crippen LogP contribution in [-0.4, -0.2) is 47.2 Å². The average molecular weight is 285 g/mol. The number of carbonyl (C=O) groups excluding carboxylic acids is 1. The zero-order valence-electron chi connectivity index (χ0n) is 11.4. The molecule has 1 aliphatic heterocycles. The van der Waals surface area contributed by atoms with Crippen molar-refractivity contribution in [2.45, 2.75) is 0 Å². The number of aromatic nitrogens is 3. The Morgan fingerprint density at radius 1 is 1.24 bits per heavy atom. The third-order valence-electron chi connectivity index (χ3n) is 3.24. The molecule has 108 valence electrons. The Labute approximate surface area is 121 Å². The first-order valence-electron chi connectivity index (χ1n) is 6.66. The summed E-state index contributed by atoms with van der Waals surface area (Å²) in [4.78, 5) is 26.5. The number of primary amides is 1. The van der Waals surface area contributed by atoms with Gasteiger partial charge in [0.2, 0.25) is 0 Å². The summed E-state index contributed by atoms with van der Waals surface area (Å²) in [5.41, 5.74) is 6.49. The molecule has 0 unspecified atom stereocenters. The van der Waals surface area contributed by atoms with Crippen LogP contribution in [0.25, 0.3) is 11.4 Å². The van der Waals surface area contributed by atoms with E-state index in [1.165, 1.54) is 0 Å². The Morgan fingerprint density at radius 2 is 2.05 bits per heavy atom. The number of carbonyl (C=O) groups is 1. The molecule has 2 N–H and O–H groups in total. The van der Waals surface area contributed by atoms with Gasteiger partial charge in [-0.3, -0.25) is 9.78 Å². The average Bonchev–Trinajstić information content (AvgIpc) is 2.56. The van der Waals surface area contributed by atoms with Crippen molar-refractivity contribution in [3.63, 3.8) is 0 Å². The lowest BCUT2D eigenvalue weighted by Crippen LogP contribution is -2.37. The van der Waals surface area contributed by atoms with Gasteiger partial charge in [-0.1, -0.05) is 6.07 Å². The fraction of sp³-hybridized carbons (Fsp3) is 0.286. The van der Waals surface area contributed by atoms with E-state index in [9.17, 15) is 4.79 Å². The Balaban J connectivity index is 2.04. The molecule has 3 rings (SSSR count). The Hall–Kier alpha value is -2.54. The van der Waals surface area contributed by atoms with Crippen molar-refractivity contribution in [2.75, 3.05) is 31.2 Å². The summed E-state index contributed by atoms with van der Waals surface area (Å²) in [5.74, 6) is 0.0839. The standard InChI is InChI=1S/C14H15N5O2/c15-14(20)13-12(10-3-1-2-4-16-10)18-11(9-17-13)19-5-7-21-8-6-19/h1-4,9H,5-8H2,(H2,15,20). The van der Waals surface area contributed by atoms with Crippen LogP contribution in [0.1, 0.15) is 10.5 Å². The fourth-order valence-corrected chi connectivity index (χ4v) is 2.19. The minimum absolute atomic E-state index is 0.130. The highest BCUT2D eigenvalue weighted by Gasteiger charge is 2.19. The number of hydrogen-bond donors (Lipinski definition) is 1. The van der Waals surface area contributed by atoms with Crippen LogP contribution in [0, 0.1) is 0 Å². The molecule has 0 spiro atoms. The van der Waals surface area contributed by atoms with Gasteiger partial charge in [-0.05, 0) is 12.1 Å². The molecule has 7 nitrogen and oxygen atoms in total. The maximum atomic E-state index is 11.5. The summed E-state index contributed by atoms with van der Waals surface area (Å²) in [6.07, 6.45) is 3.21. The van der Waals surface area contributed by atoms with Gasteiger partial charge in [-0.2, -0.15) is 0 Å². The van der Waals surface area contributed by atoms with Gasteiger partial charge in [0, 0.05) is 19.3 Å². The molecular formula is C14H15N5O2. The van der Waals surface area contributed by atoms with E-state index in [1.807, 2.05) is 6.07 Å². The minimum atomic E-state index is -0.614. The van der Waals surface area contributed by atoms with Gasteiger partial charge in [0.1, 0.15) is 11.5 Å². The van der Waals surface area contributed by atoms with Crippen LogP contribution in [0.5, 0.6) is 0 Å². The van der Waals surface area contributed by atoms with Gasteiger partial charge < -0.3 is 15.4 Å². The number of nitrogens with two attached hydrogens (primary N) is 1. The molecule has 1 fully saturated rings. The number of pyridine rings is 1. The molecule has 0 radical (unpaired) electrons. The molecule has 7 heteroatoms.